The molecule has 120 valence electrons. The van der Waals surface area contributed by atoms with Crippen LogP contribution in [0.25, 0.3) is 0 Å². The summed E-state index contributed by atoms with van der Waals surface area (Å²) in [5.41, 5.74) is 3.73. The second-order valence-corrected chi connectivity index (χ2v) is 5.60. The number of rotatable bonds is 3. The molecule has 1 aliphatic rings. The highest BCUT2D eigenvalue weighted by atomic mass is 19.3. The minimum atomic E-state index is -2.87. The molecular weight excluding hydrogens is 300 g/mol. The summed E-state index contributed by atoms with van der Waals surface area (Å²) < 4.78 is 28.6. The smallest absolute Gasteiger partial charge is 0.387 e. The Morgan fingerprint density at radius 2 is 1.91 bits per heavy atom. The van der Waals surface area contributed by atoms with Crippen LogP contribution < -0.4 is 9.64 Å². The third-order valence-electron chi connectivity index (χ3n) is 3.93. The standard InChI is InChI=1S/C18H17F2NO2/c1-12-4-9-16-14(11-12)3-2-10-21(16)17(22)13-5-7-15(8-6-13)23-18(19)20/h4-9,11,18H,2-3,10H2,1H3. The molecular formula is C18H17F2NO2. The van der Waals surface area contributed by atoms with Gasteiger partial charge in [0.05, 0.1) is 0 Å². The first kappa shape index (κ1) is 15.5. The number of hydrogen-bond donors (Lipinski definition) is 0. The molecule has 23 heavy (non-hydrogen) atoms. The van der Waals surface area contributed by atoms with E-state index >= 15 is 0 Å². The fourth-order valence-corrected chi connectivity index (χ4v) is 2.87. The van der Waals surface area contributed by atoms with Gasteiger partial charge in [-0.05, 0) is 55.7 Å². The summed E-state index contributed by atoms with van der Waals surface area (Å²) in [6, 6.07) is 11.9. The lowest BCUT2D eigenvalue weighted by molar-refractivity contribution is -0.0498. The number of benzene rings is 2. The lowest BCUT2D eigenvalue weighted by atomic mass is 9.99. The lowest BCUT2D eigenvalue weighted by Gasteiger charge is -2.30. The van der Waals surface area contributed by atoms with E-state index in [1.165, 1.54) is 35.4 Å². The van der Waals surface area contributed by atoms with Gasteiger partial charge in [0.2, 0.25) is 0 Å². The fraction of sp³-hybridized carbons (Fsp3) is 0.278. The van der Waals surface area contributed by atoms with Gasteiger partial charge in [0.15, 0.2) is 0 Å². The van der Waals surface area contributed by atoms with E-state index in [1.807, 2.05) is 19.1 Å². The van der Waals surface area contributed by atoms with Crippen LogP contribution in [0.15, 0.2) is 42.5 Å². The van der Waals surface area contributed by atoms with Gasteiger partial charge >= 0.3 is 6.61 Å². The molecule has 0 aliphatic carbocycles. The average Bonchev–Trinajstić information content (AvgIpc) is 2.53. The topological polar surface area (TPSA) is 29.5 Å². The van der Waals surface area contributed by atoms with Gasteiger partial charge in [-0.15, -0.1) is 0 Å². The Hall–Kier alpha value is -2.43. The quantitative estimate of drug-likeness (QED) is 0.849. The molecule has 0 atom stereocenters. The Balaban J connectivity index is 1.84. The molecule has 2 aromatic rings. The number of amides is 1. The van der Waals surface area contributed by atoms with E-state index < -0.39 is 6.61 Å². The van der Waals surface area contributed by atoms with Crippen LogP contribution in [-0.4, -0.2) is 19.1 Å². The number of anilines is 1. The Morgan fingerprint density at radius 3 is 2.61 bits per heavy atom. The molecule has 0 unspecified atom stereocenters. The first-order chi connectivity index (χ1) is 11.0. The summed E-state index contributed by atoms with van der Waals surface area (Å²) in [5, 5.41) is 0. The highest BCUT2D eigenvalue weighted by molar-refractivity contribution is 6.06. The van der Waals surface area contributed by atoms with Crippen molar-refractivity contribution in [3.05, 3.63) is 59.2 Å². The van der Waals surface area contributed by atoms with Gasteiger partial charge in [-0.1, -0.05) is 17.7 Å². The van der Waals surface area contributed by atoms with E-state index in [-0.39, 0.29) is 11.7 Å². The van der Waals surface area contributed by atoms with Gasteiger partial charge in [-0.2, -0.15) is 8.78 Å². The number of carbonyl (C=O) groups is 1. The molecule has 0 radical (unpaired) electrons. The maximum absolute atomic E-state index is 12.7. The zero-order valence-corrected chi connectivity index (χ0v) is 12.8. The summed E-state index contributed by atoms with van der Waals surface area (Å²) in [5.74, 6) is -0.0791. The third kappa shape index (κ3) is 3.33. The predicted molar refractivity (Wildman–Crippen MR) is 84.3 cm³/mol. The summed E-state index contributed by atoms with van der Waals surface area (Å²) in [7, 11) is 0. The van der Waals surface area contributed by atoms with Crippen LogP contribution in [0.4, 0.5) is 14.5 Å². The Kier molecular flexibility index (Phi) is 4.28. The number of carbonyl (C=O) groups excluding carboxylic acids is 1. The molecule has 0 fully saturated rings. The van der Waals surface area contributed by atoms with Crippen molar-refractivity contribution in [1.29, 1.82) is 0 Å². The number of hydrogen-bond acceptors (Lipinski definition) is 2. The van der Waals surface area contributed by atoms with Crippen molar-refractivity contribution in [2.24, 2.45) is 0 Å². The molecule has 5 heteroatoms. The van der Waals surface area contributed by atoms with Gasteiger partial charge < -0.3 is 9.64 Å². The third-order valence-corrected chi connectivity index (χ3v) is 3.93. The van der Waals surface area contributed by atoms with E-state index in [0.29, 0.717) is 12.1 Å². The van der Waals surface area contributed by atoms with Crippen molar-refractivity contribution < 1.29 is 18.3 Å². The van der Waals surface area contributed by atoms with Crippen molar-refractivity contribution in [2.45, 2.75) is 26.4 Å². The number of alkyl halides is 2. The molecule has 3 rings (SSSR count). The summed E-state index contributed by atoms with van der Waals surface area (Å²) in [6.07, 6.45) is 1.87. The second kappa shape index (κ2) is 6.36. The summed E-state index contributed by atoms with van der Waals surface area (Å²) >= 11 is 0. The molecule has 0 aromatic heterocycles. The highest BCUT2D eigenvalue weighted by Gasteiger charge is 2.23. The first-order valence-corrected chi connectivity index (χ1v) is 7.51. The number of aryl methyl sites for hydroxylation is 2. The Bertz CT molecular complexity index is 713. The van der Waals surface area contributed by atoms with E-state index in [2.05, 4.69) is 10.8 Å². The van der Waals surface area contributed by atoms with Crippen molar-refractivity contribution in [1.82, 2.24) is 0 Å². The first-order valence-electron chi connectivity index (χ1n) is 7.51. The average molecular weight is 317 g/mol. The SMILES string of the molecule is Cc1ccc2c(c1)CCCN2C(=O)c1ccc(OC(F)F)cc1. The maximum atomic E-state index is 12.7. The van der Waals surface area contributed by atoms with Crippen LogP contribution in [-0.2, 0) is 6.42 Å². The van der Waals surface area contributed by atoms with Gasteiger partial charge in [0.1, 0.15) is 5.75 Å². The Labute approximate surface area is 133 Å². The van der Waals surface area contributed by atoms with Crippen LogP contribution in [0.5, 0.6) is 5.75 Å². The zero-order chi connectivity index (χ0) is 16.4. The molecule has 0 bridgehead atoms. The molecule has 0 saturated heterocycles. The fourth-order valence-electron chi connectivity index (χ4n) is 2.87. The van der Waals surface area contributed by atoms with Crippen LogP contribution in [0.2, 0.25) is 0 Å². The largest absolute Gasteiger partial charge is 0.435 e. The molecule has 2 aromatic carbocycles. The highest BCUT2D eigenvalue weighted by Crippen LogP contribution is 2.29. The molecule has 1 heterocycles. The molecule has 0 spiro atoms. The molecule has 3 nitrogen and oxygen atoms in total. The van der Waals surface area contributed by atoms with Crippen molar-refractivity contribution in [2.75, 3.05) is 11.4 Å². The summed E-state index contributed by atoms with van der Waals surface area (Å²) in [6.45, 7) is -0.179. The lowest BCUT2D eigenvalue weighted by Crippen LogP contribution is -2.35. The monoisotopic (exact) mass is 317 g/mol. The number of halogens is 2. The van der Waals surface area contributed by atoms with E-state index in [1.54, 1.807) is 4.90 Å². The van der Waals surface area contributed by atoms with Gasteiger partial charge in [0, 0.05) is 17.8 Å². The Morgan fingerprint density at radius 1 is 1.17 bits per heavy atom. The number of fused-ring (bicyclic) bond motifs is 1. The van der Waals surface area contributed by atoms with Crippen LogP contribution >= 0.6 is 0 Å². The molecule has 1 aliphatic heterocycles. The molecule has 0 saturated carbocycles. The number of nitrogens with zero attached hydrogens (tertiary/aromatic N) is 1. The van der Waals surface area contributed by atoms with Crippen molar-refractivity contribution >= 4 is 11.6 Å². The normalized spacial score (nSPS) is 13.8. The van der Waals surface area contributed by atoms with Crippen LogP contribution in [0.3, 0.4) is 0 Å². The van der Waals surface area contributed by atoms with Crippen LogP contribution in [0.1, 0.15) is 27.9 Å². The van der Waals surface area contributed by atoms with Gasteiger partial charge in [-0.3, -0.25) is 4.79 Å². The summed E-state index contributed by atoms with van der Waals surface area (Å²) in [4.78, 5) is 14.5. The molecule has 0 N–H and O–H groups in total. The van der Waals surface area contributed by atoms with Crippen molar-refractivity contribution in [3.8, 4) is 5.75 Å². The second-order valence-electron chi connectivity index (χ2n) is 5.60. The van der Waals surface area contributed by atoms with E-state index in [9.17, 15) is 13.6 Å². The van der Waals surface area contributed by atoms with Gasteiger partial charge in [-0.25, -0.2) is 0 Å². The number of ether oxygens (including phenoxy) is 1. The predicted octanol–water partition coefficient (Wildman–Crippen LogP) is 4.19. The minimum Gasteiger partial charge on any atom is -0.435 e. The van der Waals surface area contributed by atoms with Crippen molar-refractivity contribution in [3.63, 3.8) is 0 Å². The van der Waals surface area contributed by atoms with E-state index in [4.69, 9.17) is 0 Å². The van der Waals surface area contributed by atoms with Crippen LogP contribution in [0, 0.1) is 6.92 Å². The minimum absolute atomic E-state index is 0.0474. The zero-order valence-electron chi connectivity index (χ0n) is 12.8. The van der Waals surface area contributed by atoms with Gasteiger partial charge in [0.25, 0.3) is 5.91 Å². The van der Waals surface area contributed by atoms with E-state index in [0.717, 1.165) is 18.5 Å². The molecule has 1 amide bonds. The maximum Gasteiger partial charge on any atom is 0.387 e.